The Morgan fingerprint density at radius 2 is 1.70 bits per heavy atom. The number of para-hydroxylation sites is 1. The number of halogens is 1. The highest BCUT2D eigenvalue weighted by molar-refractivity contribution is 9.10. The van der Waals surface area contributed by atoms with Crippen LogP contribution in [0.25, 0.3) is 21.3 Å². The molecule has 0 aliphatic carbocycles. The lowest BCUT2D eigenvalue weighted by molar-refractivity contribution is -0.116. The number of benzene rings is 2. The van der Waals surface area contributed by atoms with E-state index in [2.05, 4.69) is 53.9 Å². The smallest absolute Gasteiger partial charge is 0.263 e. The second kappa shape index (κ2) is 9.61. The molecule has 4 aromatic rings. The molecule has 0 bridgehead atoms. The minimum Gasteiger partial charge on any atom is -0.324 e. The lowest BCUT2D eigenvalue weighted by atomic mass is 9.92. The first kappa shape index (κ1) is 23.4. The van der Waals surface area contributed by atoms with Gasteiger partial charge in [-0.3, -0.25) is 14.2 Å². The number of thiophene rings is 1. The Morgan fingerprint density at radius 1 is 1.06 bits per heavy atom. The van der Waals surface area contributed by atoms with Gasteiger partial charge in [-0.1, -0.05) is 74.0 Å². The van der Waals surface area contributed by atoms with Crippen molar-refractivity contribution in [2.45, 2.75) is 46.1 Å². The van der Waals surface area contributed by atoms with Crippen LogP contribution >= 0.6 is 27.3 Å². The van der Waals surface area contributed by atoms with Crippen molar-refractivity contribution in [3.05, 3.63) is 80.1 Å². The second-order valence-electron chi connectivity index (χ2n) is 8.68. The van der Waals surface area contributed by atoms with E-state index >= 15 is 0 Å². The fourth-order valence-corrected chi connectivity index (χ4v) is 5.12. The molecule has 2 aromatic carbocycles. The molecule has 0 aliphatic rings. The van der Waals surface area contributed by atoms with Crippen molar-refractivity contribution in [1.29, 1.82) is 0 Å². The van der Waals surface area contributed by atoms with Gasteiger partial charge < -0.3 is 5.32 Å². The van der Waals surface area contributed by atoms with Gasteiger partial charge in [0.1, 0.15) is 11.4 Å². The first-order chi connectivity index (χ1) is 15.8. The number of amides is 1. The largest absolute Gasteiger partial charge is 0.324 e. The first-order valence-electron chi connectivity index (χ1n) is 10.9. The SMILES string of the molecule is CC(C)c1cccc(C(C)C)c1NC(=O)Cn1cnc2scc(-c3ccc(Br)cc3)c2c1=O. The van der Waals surface area contributed by atoms with Crippen LogP contribution in [-0.4, -0.2) is 15.5 Å². The standard InChI is InChI=1S/C26H26BrN3O2S/c1-15(2)19-6-5-7-20(16(3)4)24(19)29-22(31)12-30-14-28-25-23(26(30)32)21(13-33-25)17-8-10-18(27)11-9-17/h5-11,13-16H,12H2,1-4H3,(H,29,31). The fraction of sp³-hybridized carbons (Fsp3) is 0.269. The molecule has 7 heteroatoms. The summed E-state index contributed by atoms with van der Waals surface area (Å²) in [5.74, 6) is 0.284. The van der Waals surface area contributed by atoms with E-state index in [1.165, 1.54) is 22.2 Å². The maximum Gasteiger partial charge on any atom is 0.263 e. The van der Waals surface area contributed by atoms with Crippen molar-refractivity contribution in [1.82, 2.24) is 9.55 Å². The number of fused-ring (bicyclic) bond motifs is 1. The summed E-state index contributed by atoms with van der Waals surface area (Å²) in [6.07, 6.45) is 1.46. The summed E-state index contributed by atoms with van der Waals surface area (Å²) in [6.45, 7) is 8.34. The summed E-state index contributed by atoms with van der Waals surface area (Å²) < 4.78 is 2.36. The molecule has 0 radical (unpaired) electrons. The second-order valence-corrected chi connectivity index (χ2v) is 10.5. The van der Waals surface area contributed by atoms with E-state index in [0.717, 1.165) is 32.4 Å². The number of hydrogen-bond acceptors (Lipinski definition) is 4. The molecular formula is C26H26BrN3O2S. The van der Waals surface area contributed by atoms with Gasteiger partial charge in [-0.15, -0.1) is 11.3 Å². The number of carbonyl (C=O) groups excluding carboxylic acids is 1. The van der Waals surface area contributed by atoms with Crippen molar-refractivity contribution in [3.63, 3.8) is 0 Å². The van der Waals surface area contributed by atoms with Crippen molar-refractivity contribution in [3.8, 4) is 11.1 Å². The summed E-state index contributed by atoms with van der Waals surface area (Å²) in [7, 11) is 0. The maximum atomic E-state index is 13.3. The first-order valence-corrected chi connectivity index (χ1v) is 12.6. The maximum absolute atomic E-state index is 13.3. The molecule has 0 saturated carbocycles. The number of hydrogen-bond donors (Lipinski definition) is 1. The Balaban J connectivity index is 1.67. The van der Waals surface area contributed by atoms with Crippen LogP contribution in [0.15, 0.2) is 63.4 Å². The number of anilines is 1. The van der Waals surface area contributed by atoms with Crippen LogP contribution in [-0.2, 0) is 11.3 Å². The average Bonchev–Trinajstić information content (AvgIpc) is 3.21. The van der Waals surface area contributed by atoms with Gasteiger partial charge in [0.2, 0.25) is 5.91 Å². The molecule has 170 valence electrons. The average molecular weight is 524 g/mol. The van der Waals surface area contributed by atoms with Gasteiger partial charge >= 0.3 is 0 Å². The number of nitrogens with one attached hydrogen (secondary N) is 1. The summed E-state index contributed by atoms with van der Waals surface area (Å²) in [4.78, 5) is 31.5. The molecule has 0 fully saturated rings. The Kier molecular flexibility index (Phi) is 6.81. The minimum absolute atomic E-state index is 0.0959. The van der Waals surface area contributed by atoms with E-state index in [9.17, 15) is 9.59 Å². The highest BCUT2D eigenvalue weighted by Gasteiger charge is 2.18. The van der Waals surface area contributed by atoms with E-state index in [1.54, 1.807) is 0 Å². The topological polar surface area (TPSA) is 64.0 Å². The molecule has 5 nitrogen and oxygen atoms in total. The molecule has 2 heterocycles. The van der Waals surface area contributed by atoms with E-state index in [-0.39, 0.29) is 29.8 Å². The zero-order valence-corrected chi connectivity index (χ0v) is 21.5. The number of nitrogens with zero attached hydrogens (tertiary/aromatic N) is 2. The molecule has 2 aromatic heterocycles. The Hall–Kier alpha value is -2.77. The normalized spacial score (nSPS) is 11.5. The van der Waals surface area contributed by atoms with Gasteiger partial charge in [0, 0.05) is 21.1 Å². The van der Waals surface area contributed by atoms with E-state index in [0.29, 0.717) is 10.2 Å². The van der Waals surface area contributed by atoms with Gasteiger partial charge in [-0.25, -0.2) is 4.98 Å². The third-order valence-corrected chi connectivity index (χ3v) is 7.08. The summed E-state index contributed by atoms with van der Waals surface area (Å²) in [5, 5.41) is 5.57. The highest BCUT2D eigenvalue weighted by Crippen LogP contribution is 2.33. The monoisotopic (exact) mass is 523 g/mol. The predicted molar refractivity (Wildman–Crippen MR) is 140 cm³/mol. The number of rotatable bonds is 6. The Bertz CT molecular complexity index is 1340. The van der Waals surface area contributed by atoms with Crippen LogP contribution in [0, 0.1) is 0 Å². The van der Waals surface area contributed by atoms with Crippen LogP contribution in [0.5, 0.6) is 0 Å². The number of carbonyl (C=O) groups is 1. The van der Waals surface area contributed by atoms with Crippen LogP contribution < -0.4 is 10.9 Å². The van der Waals surface area contributed by atoms with Crippen LogP contribution in [0.3, 0.4) is 0 Å². The van der Waals surface area contributed by atoms with Gasteiger partial charge in [-0.05, 0) is 40.7 Å². The zero-order chi connectivity index (χ0) is 23.7. The van der Waals surface area contributed by atoms with Gasteiger partial charge in [0.25, 0.3) is 5.56 Å². The van der Waals surface area contributed by atoms with Crippen molar-refractivity contribution in [2.24, 2.45) is 0 Å². The van der Waals surface area contributed by atoms with Crippen LogP contribution in [0.1, 0.15) is 50.7 Å². The van der Waals surface area contributed by atoms with Crippen molar-refractivity contribution in [2.75, 3.05) is 5.32 Å². The lowest BCUT2D eigenvalue weighted by Gasteiger charge is -2.20. The quantitative estimate of drug-likeness (QED) is 0.303. The molecule has 0 unspecified atom stereocenters. The minimum atomic E-state index is -0.242. The van der Waals surface area contributed by atoms with Gasteiger partial charge in [0.15, 0.2) is 0 Å². The van der Waals surface area contributed by atoms with Gasteiger partial charge in [0.05, 0.1) is 11.7 Å². The third kappa shape index (κ3) is 4.80. The van der Waals surface area contributed by atoms with E-state index in [4.69, 9.17) is 0 Å². The van der Waals surface area contributed by atoms with E-state index in [1.807, 2.05) is 47.8 Å². The van der Waals surface area contributed by atoms with Gasteiger partial charge in [-0.2, -0.15) is 0 Å². The molecule has 33 heavy (non-hydrogen) atoms. The summed E-state index contributed by atoms with van der Waals surface area (Å²) in [5.41, 5.74) is 4.59. The molecular weight excluding hydrogens is 498 g/mol. The molecule has 1 amide bonds. The van der Waals surface area contributed by atoms with Crippen molar-refractivity contribution >= 4 is 49.1 Å². The zero-order valence-electron chi connectivity index (χ0n) is 19.1. The van der Waals surface area contributed by atoms with Crippen molar-refractivity contribution < 1.29 is 4.79 Å². The van der Waals surface area contributed by atoms with E-state index < -0.39 is 0 Å². The Labute approximate surface area is 205 Å². The summed E-state index contributed by atoms with van der Waals surface area (Å²) >= 11 is 4.88. The lowest BCUT2D eigenvalue weighted by Crippen LogP contribution is -2.28. The predicted octanol–water partition coefficient (Wildman–Crippen LogP) is 6.77. The molecule has 1 N–H and O–H groups in total. The highest BCUT2D eigenvalue weighted by atomic mass is 79.9. The molecule has 0 aliphatic heterocycles. The van der Waals surface area contributed by atoms with Crippen LogP contribution in [0.2, 0.25) is 0 Å². The molecule has 0 saturated heterocycles. The molecule has 4 rings (SSSR count). The third-order valence-electron chi connectivity index (χ3n) is 5.67. The fourth-order valence-electron chi connectivity index (χ4n) is 3.95. The Morgan fingerprint density at radius 3 is 2.30 bits per heavy atom. The molecule has 0 atom stereocenters. The van der Waals surface area contributed by atoms with Crippen LogP contribution in [0.4, 0.5) is 5.69 Å². The summed E-state index contributed by atoms with van der Waals surface area (Å²) in [6, 6.07) is 13.9. The number of aromatic nitrogens is 2. The molecule has 0 spiro atoms.